The lowest BCUT2D eigenvalue weighted by Gasteiger charge is -2.33. The number of rotatable bonds is 5. The Morgan fingerprint density at radius 2 is 1.38 bits per heavy atom. The van der Waals surface area contributed by atoms with Crippen LogP contribution in [0.15, 0.2) is 34.1 Å². The Morgan fingerprint density at radius 3 is 1.97 bits per heavy atom. The maximum Gasteiger partial charge on any atom is 0.393 e. The molecule has 1 aromatic carbocycles. The molecule has 164 valence electrons. The number of benzene rings is 1. The SMILES string of the molecule is O=S(=O)(NC1CCCCC1C(F)(F)F)c1ccc(S(=O)(=O)N2CCCCC2)cc1. The highest BCUT2D eigenvalue weighted by Gasteiger charge is 2.46. The molecular weight excluding hydrogens is 429 g/mol. The molecule has 0 aromatic heterocycles. The first-order valence-electron chi connectivity index (χ1n) is 9.71. The van der Waals surface area contributed by atoms with Crippen LogP contribution in [0.2, 0.25) is 0 Å². The summed E-state index contributed by atoms with van der Waals surface area (Å²) in [4.78, 5) is -0.272. The fourth-order valence-corrected chi connectivity index (χ4v) is 6.80. The van der Waals surface area contributed by atoms with E-state index in [1.165, 1.54) is 16.4 Å². The van der Waals surface area contributed by atoms with Crippen LogP contribution in [-0.4, -0.2) is 46.4 Å². The maximum absolute atomic E-state index is 13.2. The van der Waals surface area contributed by atoms with E-state index < -0.39 is 38.2 Å². The Labute approximate surface area is 169 Å². The molecule has 1 aromatic rings. The van der Waals surface area contributed by atoms with Gasteiger partial charge in [-0.15, -0.1) is 0 Å². The molecule has 1 heterocycles. The zero-order valence-electron chi connectivity index (χ0n) is 15.9. The van der Waals surface area contributed by atoms with Gasteiger partial charge in [-0.05, 0) is 49.9 Å². The standard InChI is InChI=1S/C18H25F3N2O4S2/c19-18(20,21)16-6-2-3-7-17(16)22-28(24,25)14-8-10-15(11-9-14)29(26,27)23-12-4-1-5-13-23/h8-11,16-17,22H,1-7,12-13H2. The van der Waals surface area contributed by atoms with Crippen molar-refractivity contribution in [2.45, 2.75) is 67.0 Å². The monoisotopic (exact) mass is 454 g/mol. The molecule has 0 bridgehead atoms. The predicted molar refractivity (Wildman–Crippen MR) is 101 cm³/mol. The van der Waals surface area contributed by atoms with Crippen LogP contribution in [0.5, 0.6) is 0 Å². The summed E-state index contributed by atoms with van der Waals surface area (Å²) >= 11 is 0. The van der Waals surface area contributed by atoms with Crippen molar-refractivity contribution in [3.63, 3.8) is 0 Å². The highest BCUT2D eigenvalue weighted by molar-refractivity contribution is 7.89. The van der Waals surface area contributed by atoms with E-state index >= 15 is 0 Å². The minimum absolute atomic E-state index is 0.0239. The van der Waals surface area contributed by atoms with Gasteiger partial charge in [-0.25, -0.2) is 21.6 Å². The lowest BCUT2D eigenvalue weighted by molar-refractivity contribution is -0.187. The topological polar surface area (TPSA) is 83.5 Å². The van der Waals surface area contributed by atoms with E-state index in [0.29, 0.717) is 25.9 Å². The van der Waals surface area contributed by atoms with Gasteiger partial charge in [0.2, 0.25) is 20.0 Å². The highest BCUT2D eigenvalue weighted by Crippen LogP contribution is 2.38. The van der Waals surface area contributed by atoms with Crippen LogP contribution in [0.4, 0.5) is 13.2 Å². The van der Waals surface area contributed by atoms with Crippen molar-refractivity contribution in [2.75, 3.05) is 13.1 Å². The van der Waals surface area contributed by atoms with E-state index in [4.69, 9.17) is 0 Å². The molecule has 2 unspecified atom stereocenters. The number of nitrogens with zero attached hydrogens (tertiary/aromatic N) is 1. The van der Waals surface area contributed by atoms with E-state index in [-0.39, 0.29) is 22.6 Å². The maximum atomic E-state index is 13.2. The second-order valence-corrected chi connectivity index (χ2v) is 11.2. The summed E-state index contributed by atoms with van der Waals surface area (Å²) in [5.41, 5.74) is 0. The lowest BCUT2D eigenvalue weighted by Crippen LogP contribution is -2.47. The van der Waals surface area contributed by atoms with Crippen LogP contribution in [0.25, 0.3) is 0 Å². The van der Waals surface area contributed by atoms with E-state index in [1.54, 1.807) is 0 Å². The molecule has 6 nitrogen and oxygen atoms in total. The predicted octanol–water partition coefficient (Wildman–Crippen LogP) is 3.26. The molecule has 1 aliphatic carbocycles. The smallest absolute Gasteiger partial charge is 0.207 e. The number of hydrogen-bond donors (Lipinski definition) is 1. The molecule has 0 amide bonds. The Morgan fingerprint density at radius 1 is 0.828 bits per heavy atom. The summed E-state index contributed by atoms with van der Waals surface area (Å²) in [5, 5.41) is 0. The van der Waals surface area contributed by atoms with Gasteiger partial charge in [0.05, 0.1) is 15.7 Å². The van der Waals surface area contributed by atoms with Gasteiger partial charge in [-0.2, -0.15) is 17.5 Å². The van der Waals surface area contributed by atoms with Gasteiger partial charge >= 0.3 is 6.18 Å². The van der Waals surface area contributed by atoms with Crippen LogP contribution < -0.4 is 4.72 Å². The fourth-order valence-electron chi connectivity index (χ4n) is 3.98. The van der Waals surface area contributed by atoms with E-state index in [9.17, 15) is 30.0 Å². The molecule has 1 saturated carbocycles. The number of alkyl halides is 3. The third-order valence-corrected chi connectivity index (χ3v) is 9.00. The third kappa shape index (κ3) is 5.12. The highest BCUT2D eigenvalue weighted by atomic mass is 32.2. The first kappa shape index (κ1) is 22.5. The van der Waals surface area contributed by atoms with Crippen LogP contribution in [0.1, 0.15) is 44.9 Å². The summed E-state index contributed by atoms with van der Waals surface area (Å²) in [5.74, 6) is -1.72. The fraction of sp³-hybridized carbons (Fsp3) is 0.667. The van der Waals surface area contributed by atoms with Crippen molar-refractivity contribution in [1.82, 2.24) is 9.03 Å². The number of hydrogen-bond acceptors (Lipinski definition) is 4. The molecule has 2 fully saturated rings. The van der Waals surface area contributed by atoms with Crippen molar-refractivity contribution in [3.8, 4) is 0 Å². The van der Waals surface area contributed by atoms with Crippen LogP contribution in [0, 0.1) is 5.92 Å². The molecule has 3 rings (SSSR count). The van der Waals surface area contributed by atoms with Crippen molar-refractivity contribution in [2.24, 2.45) is 5.92 Å². The van der Waals surface area contributed by atoms with Crippen molar-refractivity contribution in [3.05, 3.63) is 24.3 Å². The Balaban J connectivity index is 1.77. The zero-order chi connectivity index (χ0) is 21.3. The summed E-state index contributed by atoms with van der Waals surface area (Å²) in [6.45, 7) is 0.842. The number of halogens is 3. The molecule has 2 aliphatic rings. The average molecular weight is 455 g/mol. The second kappa shape index (κ2) is 8.52. The normalized spacial score (nSPS) is 25.1. The number of nitrogens with one attached hydrogen (secondary N) is 1. The first-order chi connectivity index (χ1) is 13.5. The van der Waals surface area contributed by atoms with Gasteiger partial charge in [0.1, 0.15) is 0 Å². The summed E-state index contributed by atoms with van der Waals surface area (Å²) < 4.78 is 93.7. The minimum Gasteiger partial charge on any atom is -0.207 e. The van der Waals surface area contributed by atoms with Gasteiger partial charge in [0.25, 0.3) is 0 Å². The van der Waals surface area contributed by atoms with E-state index in [2.05, 4.69) is 4.72 Å². The van der Waals surface area contributed by atoms with Gasteiger partial charge in [0, 0.05) is 19.1 Å². The first-order valence-corrected chi connectivity index (χ1v) is 12.6. The lowest BCUT2D eigenvalue weighted by atomic mass is 9.85. The molecule has 2 atom stereocenters. The Kier molecular flexibility index (Phi) is 6.62. The largest absolute Gasteiger partial charge is 0.393 e. The van der Waals surface area contributed by atoms with Crippen molar-refractivity contribution >= 4 is 20.0 Å². The van der Waals surface area contributed by atoms with Gasteiger partial charge in [0.15, 0.2) is 0 Å². The molecule has 29 heavy (non-hydrogen) atoms. The Bertz CT molecular complexity index is 909. The van der Waals surface area contributed by atoms with Crippen LogP contribution in [-0.2, 0) is 20.0 Å². The minimum atomic E-state index is -4.47. The molecule has 1 N–H and O–H groups in total. The van der Waals surface area contributed by atoms with Crippen molar-refractivity contribution < 1.29 is 30.0 Å². The van der Waals surface area contributed by atoms with Crippen molar-refractivity contribution in [1.29, 1.82) is 0 Å². The summed E-state index contributed by atoms with van der Waals surface area (Å²) in [6.07, 6.45) is -1.02. The number of sulfonamides is 2. The van der Waals surface area contributed by atoms with E-state index in [0.717, 1.165) is 31.4 Å². The van der Waals surface area contributed by atoms with E-state index in [1.807, 2.05) is 0 Å². The third-order valence-electron chi connectivity index (χ3n) is 5.58. The zero-order valence-corrected chi connectivity index (χ0v) is 17.5. The van der Waals surface area contributed by atoms with Crippen LogP contribution in [0.3, 0.4) is 0 Å². The Hall–Kier alpha value is -1.17. The molecule has 0 radical (unpaired) electrons. The van der Waals surface area contributed by atoms with Gasteiger partial charge in [-0.1, -0.05) is 19.3 Å². The molecular formula is C18H25F3N2O4S2. The second-order valence-electron chi connectivity index (χ2n) is 7.60. The molecule has 1 aliphatic heterocycles. The average Bonchev–Trinajstić information content (AvgIpc) is 2.68. The molecule has 1 saturated heterocycles. The summed E-state index contributed by atoms with van der Waals surface area (Å²) in [6, 6.07) is 3.43. The quantitative estimate of drug-likeness (QED) is 0.740. The summed E-state index contributed by atoms with van der Waals surface area (Å²) in [7, 11) is -7.91. The van der Waals surface area contributed by atoms with Gasteiger partial charge in [-0.3, -0.25) is 0 Å². The number of piperidine rings is 1. The van der Waals surface area contributed by atoms with Crippen LogP contribution >= 0.6 is 0 Å². The van der Waals surface area contributed by atoms with Gasteiger partial charge < -0.3 is 0 Å². The molecule has 11 heteroatoms. The molecule has 0 spiro atoms.